The van der Waals surface area contributed by atoms with E-state index in [0.29, 0.717) is 13.0 Å². The molecule has 90 valence electrons. The smallest absolute Gasteiger partial charge is 0.142 e. The van der Waals surface area contributed by atoms with Crippen LogP contribution < -0.4 is 10.5 Å². The second kappa shape index (κ2) is 4.78. The van der Waals surface area contributed by atoms with Crippen LogP contribution in [-0.4, -0.2) is 17.6 Å². The molecule has 0 bridgehead atoms. The van der Waals surface area contributed by atoms with E-state index in [2.05, 4.69) is 5.16 Å². The quantitative estimate of drug-likeness (QED) is 0.368. The molecule has 0 amide bonds. The fourth-order valence-electron chi connectivity index (χ4n) is 1.57. The van der Waals surface area contributed by atoms with E-state index in [1.54, 1.807) is 0 Å². The molecule has 0 aliphatic rings. The molecule has 0 radical (unpaired) electrons. The van der Waals surface area contributed by atoms with Crippen molar-refractivity contribution < 1.29 is 14.4 Å². The summed E-state index contributed by atoms with van der Waals surface area (Å²) in [5.41, 5.74) is 6.18. The predicted molar refractivity (Wildman–Crippen MR) is 64.5 cm³/mol. The normalized spacial score (nSPS) is 11.9. The number of ether oxygens (including phenoxy) is 1. The third-order valence-electron chi connectivity index (χ3n) is 2.37. The molecule has 1 aromatic carbocycles. The van der Waals surface area contributed by atoms with Crippen LogP contribution in [0.15, 0.2) is 33.8 Å². The molecule has 0 saturated heterocycles. The summed E-state index contributed by atoms with van der Waals surface area (Å²) in [7, 11) is 0. The first kappa shape index (κ1) is 11.3. The number of benzene rings is 1. The van der Waals surface area contributed by atoms with Crippen LogP contribution >= 0.6 is 0 Å². The maximum atomic E-state index is 8.37. The maximum Gasteiger partial charge on any atom is 0.142 e. The largest absolute Gasteiger partial charge is 0.493 e. The Kier molecular flexibility index (Phi) is 3.18. The van der Waals surface area contributed by atoms with Crippen LogP contribution in [0.1, 0.15) is 12.2 Å². The van der Waals surface area contributed by atoms with Gasteiger partial charge in [-0.15, -0.1) is 0 Å². The highest BCUT2D eigenvalue weighted by Gasteiger charge is 2.02. The third-order valence-corrected chi connectivity index (χ3v) is 2.37. The van der Waals surface area contributed by atoms with Crippen LogP contribution in [0.3, 0.4) is 0 Å². The number of rotatable bonds is 4. The van der Waals surface area contributed by atoms with E-state index in [4.69, 9.17) is 20.1 Å². The fourth-order valence-corrected chi connectivity index (χ4v) is 1.57. The van der Waals surface area contributed by atoms with E-state index in [-0.39, 0.29) is 5.84 Å². The lowest BCUT2D eigenvalue weighted by Crippen LogP contribution is -2.15. The molecule has 5 heteroatoms. The van der Waals surface area contributed by atoms with Crippen LogP contribution in [-0.2, 0) is 0 Å². The zero-order valence-electron chi connectivity index (χ0n) is 9.51. The van der Waals surface area contributed by atoms with Crippen LogP contribution in [0.2, 0.25) is 0 Å². The Balaban J connectivity index is 2.04. The molecule has 0 aliphatic carbocycles. The third kappa shape index (κ3) is 2.69. The first-order valence-corrected chi connectivity index (χ1v) is 5.28. The topological polar surface area (TPSA) is 81.0 Å². The van der Waals surface area contributed by atoms with Crippen molar-refractivity contribution in [2.75, 3.05) is 6.61 Å². The Morgan fingerprint density at radius 3 is 3.06 bits per heavy atom. The van der Waals surface area contributed by atoms with Gasteiger partial charge < -0.3 is 20.1 Å². The molecule has 0 unspecified atom stereocenters. The van der Waals surface area contributed by atoms with E-state index in [0.717, 1.165) is 22.5 Å². The number of furan rings is 1. The van der Waals surface area contributed by atoms with Gasteiger partial charge in [-0.25, -0.2) is 0 Å². The van der Waals surface area contributed by atoms with Crippen LogP contribution in [0.4, 0.5) is 0 Å². The summed E-state index contributed by atoms with van der Waals surface area (Å²) in [6, 6.07) is 7.54. The molecule has 17 heavy (non-hydrogen) atoms. The van der Waals surface area contributed by atoms with E-state index < -0.39 is 0 Å². The summed E-state index contributed by atoms with van der Waals surface area (Å²) in [6.45, 7) is 2.27. The lowest BCUT2D eigenvalue weighted by atomic mass is 10.2. The molecule has 0 atom stereocenters. The molecule has 2 rings (SSSR count). The second-order valence-electron chi connectivity index (χ2n) is 3.75. The minimum Gasteiger partial charge on any atom is -0.493 e. The molecule has 1 heterocycles. The highest BCUT2D eigenvalue weighted by atomic mass is 16.5. The van der Waals surface area contributed by atoms with Gasteiger partial charge in [-0.2, -0.15) is 0 Å². The number of oxime groups is 1. The minimum atomic E-state index is 0.158. The maximum absolute atomic E-state index is 8.37. The standard InChI is InChI=1S/C12H14N2O3/c1-8-6-9-7-10(2-3-11(9)17-8)16-5-4-12(13)14-15/h2-3,6-7,15H,4-5H2,1H3,(H2,13,14). The van der Waals surface area contributed by atoms with Gasteiger partial charge in [0.2, 0.25) is 0 Å². The van der Waals surface area contributed by atoms with E-state index in [1.807, 2.05) is 31.2 Å². The van der Waals surface area contributed by atoms with Crippen molar-refractivity contribution in [2.45, 2.75) is 13.3 Å². The molecular formula is C12H14N2O3. The molecule has 0 spiro atoms. The van der Waals surface area contributed by atoms with Crippen molar-refractivity contribution in [2.24, 2.45) is 10.9 Å². The number of aryl methyl sites for hydroxylation is 1. The summed E-state index contributed by atoms with van der Waals surface area (Å²) in [5.74, 6) is 1.77. The summed E-state index contributed by atoms with van der Waals surface area (Å²) in [6.07, 6.45) is 0.388. The first-order valence-electron chi connectivity index (χ1n) is 5.28. The van der Waals surface area contributed by atoms with Gasteiger partial charge in [0.15, 0.2) is 0 Å². The Morgan fingerprint density at radius 1 is 1.47 bits per heavy atom. The number of amidine groups is 1. The van der Waals surface area contributed by atoms with Gasteiger partial charge in [0, 0.05) is 11.8 Å². The minimum absolute atomic E-state index is 0.158. The van der Waals surface area contributed by atoms with Gasteiger partial charge in [0.25, 0.3) is 0 Å². The van der Waals surface area contributed by atoms with Gasteiger partial charge in [0.1, 0.15) is 22.9 Å². The lowest BCUT2D eigenvalue weighted by Gasteiger charge is -2.04. The van der Waals surface area contributed by atoms with E-state index in [1.165, 1.54) is 0 Å². The number of nitrogens with zero attached hydrogens (tertiary/aromatic N) is 1. The molecule has 1 aromatic heterocycles. The van der Waals surface area contributed by atoms with Gasteiger partial charge in [-0.05, 0) is 31.2 Å². The molecule has 2 aromatic rings. The van der Waals surface area contributed by atoms with Gasteiger partial charge in [-0.3, -0.25) is 0 Å². The number of fused-ring (bicyclic) bond motifs is 1. The Labute approximate surface area is 98.5 Å². The molecule has 0 fully saturated rings. The van der Waals surface area contributed by atoms with Crippen molar-refractivity contribution in [1.29, 1.82) is 0 Å². The summed E-state index contributed by atoms with van der Waals surface area (Å²) >= 11 is 0. The average molecular weight is 234 g/mol. The van der Waals surface area contributed by atoms with Crippen molar-refractivity contribution in [1.82, 2.24) is 0 Å². The van der Waals surface area contributed by atoms with Gasteiger partial charge >= 0.3 is 0 Å². The van der Waals surface area contributed by atoms with E-state index in [9.17, 15) is 0 Å². The Bertz CT molecular complexity index is 546. The zero-order valence-corrected chi connectivity index (χ0v) is 9.51. The van der Waals surface area contributed by atoms with Crippen molar-refractivity contribution in [3.63, 3.8) is 0 Å². The van der Waals surface area contributed by atoms with Crippen molar-refractivity contribution >= 4 is 16.8 Å². The number of nitrogens with two attached hydrogens (primary N) is 1. The molecule has 0 saturated carbocycles. The average Bonchev–Trinajstić information content (AvgIpc) is 2.68. The van der Waals surface area contributed by atoms with Crippen LogP contribution in [0, 0.1) is 6.92 Å². The molecule has 0 aliphatic heterocycles. The lowest BCUT2D eigenvalue weighted by molar-refractivity contribution is 0.306. The molecule has 3 N–H and O–H groups in total. The van der Waals surface area contributed by atoms with Crippen molar-refractivity contribution in [3.05, 3.63) is 30.0 Å². The van der Waals surface area contributed by atoms with Crippen LogP contribution in [0.5, 0.6) is 5.75 Å². The molecule has 5 nitrogen and oxygen atoms in total. The second-order valence-corrected chi connectivity index (χ2v) is 3.75. The fraction of sp³-hybridized carbons (Fsp3) is 0.250. The highest BCUT2D eigenvalue weighted by Crippen LogP contribution is 2.23. The van der Waals surface area contributed by atoms with Crippen LogP contribution in [0.25, 0.3) is 11.0 Å². The summed E-state index contributed by atoms with van der Waals surface area (Å²) < 4.78 is 10.9. The Morgan fingerprint density at radius 2 is 2.29 bits per heavy atom. The molecular weight excluding hydrogens is 220 g/mol. The number of hydrogen-bond donors (Lipinski definition) is 2. The predicted octanol–water partition coefficient (Wildman–Crippen LogP) is 2.26. The highest BCUT2D eigenvalue weighted by molar-refractivity contribution is 5.80. The first-order chi connectivity index (χ1) is 8.19. The summed E-state index contributed by atoms with van der Waals surface area (Å²) in [5, 5.41) is 12.2. The van der Waals surface area contributed by atoms with Crippen molar-refractivity contribution in [3.8, 4) is 5.75 Å². The van der Waals surface area contributed by atoms with Gasteiger partial charge in [-0.1, -0.05) is 5.16 Å². The SMILES string of the molecule is Cc1cc2cc(OCC/C(N)=N/O)ccc2o1. The van der Waals surface area contributed by atoms with Gasteiger partial charge in [0.05, 0.1) is 6.61 Å². The summed E-state index contributed by atoms with van der Waals surface area (Å²) in [4.78, 5) is 0. The van der Waals surface area contributed by atoms with E-state index >= 15 is 0 Å². The number of hydrogen-bond acceptors (Lipinski definition) is 4. The zero-order chi connectivity index (χ0) is 12.3. The monoisotopic (exact) mass is 234 g/mol. The Hall–Kier alpha value is -2.17.